The first kappa shape index (κ1) is 13.8. The van der Waals surface area contributed by atoms with Crippen molar-refractivity contribution in [2.24, 2.45) is 17.3 Å². The lowest BCUT2D eigenvalue weighted by atomic mass is 9.88. The number of rotatable bonds is 7. The minimum absolute atomic E-state index is 0.161. The number of hydrogen-bond acceptors (Lipinski definition) is 1. The Morgan fingerprint density at radius 1 is 1.50 bits per heavy atom. The molecule has 1 rings (SSSR count). The van der Waals surface area contributed by atoms with Crippen molar-refractivity contribution in [2.75, 3.05) is 12.4 Å². The molecule has 0 heterocycles. The van der Waals surface area contributed by atoms with E-state index in [-0.39, 0.29) is 17.2 Å². The SMILES string of the molecule is CC(C(=O)NCC(C)(C)CCCCl)C1CC1. The van der Waals surface area contributed by atoms with Gasteiger partial charge >= 0.3 is 0 Å². The number of hydrogen-bond donors (Lipinski definition) is 1. The second kappa shape index (κ2) is 5.90. The molecule has 0 aromatic rings. The van der Waals surface area contributed by atoms with Crippen LogP contribution in [0.15, 0.2) is 0 Å². The van der Waals surface area contributed by atoms with Crippen molar-refractivity contribution in [2.45, 2.75) is 46.5 Å². The van der Waals surface area contributed by atoms with E-state index in [1.807, 2.05) is 6.92 Å². The van der Waals surface area contributed by atoms with E-state index < -0.39 is 0 Å². The molecular weight excluding hydrogens is 222 g/mol. The van der Waals surface area contributed by atoms with Crippen LogP contribution in [0.4, 0.5) is 0 Å². The Bertz CT molecular complexity index is 236. The molecule has 3 heteroatoms. The van der Waals surface area contributed by atoms with Crippen LogP contribution in [-0.2, 0) is 4.79 Å². The van der Waals surface area contributed by atoms with Crippen molar-refractivity contribution < 1.29 is 4.79 Å². The molecule has 0 aromatic heterocycles. The maximum Gasteiger partial charge on any atom is 0.223 e. The fourth-order valence-corrected chi connectivity index (χ4v) is 2.07. The van der Waals surface area contributed by atoms with Crippen LogP contribution in [-0.4, -0.2) is 18.3 Å². The van der Waals surface area contributed by atoms with Crippen molar-refractivity contribution in [1.82, 2.24) is 5.32 Å². The first-order valence-electron chi connectivity index (χ1n) is 6.30. The molecule has 0 spiro atoms. The molecule has 1 amide bonds. The van der Waals surface area contributed by atoms with E-state index in [4.69, 9.17) is 11.6 Å². The van der Waals surface area contributed by atoms with Crippen LogP contribution in [0, 0.1) is 17.3 Å². The molecule has 94 valence electrons. The second-order valence-electron chi connectivity index (χ2n) is 5.80. The zero-order valence-electron chi connectivity index (χ0n) is 10.7. The Kier molecular flexibility index (Phi) is 5.10. The maximum absolute atomic E-state index is 11.8. The van der Waals surface area contributed by atoms with Crippen molar-refractivity contribution in [3.63, 3.8) is 0 Å². The first-order valence-corrected chi connectivity index (χ1v) is 6.83. The first-order chi connectivity index (χ1) is 7.46. The van der Waals surface area contributed by atoms with Gasteiger partial charge in [-0.3, -0.25) is 4.79 Å². The smallest absolute Gasteiger partial charge is 0.223 e. The van der Waals surface area contributed by atoms with E-state index in [9.17, 15) is 4.79 Å². The van der Waals surface area contributed by atoms with Gasteiger partial charge in [-0.1, -0.05) is 20.8 Å². The van der Waals surface area contributed by atoms with Crippen LogP contribution >= 0.6 is 11.6 Å². The molecule has 0 aliphatic heterocycles. The topological polar surface area (TPSA) is 29.1 Å². The Balaban J connectivity index is 2.23. The predicted octanol–water partition coefficient (Wildman–Crippen LogP) is 3.19. The zero-order valence-corrected chi connectivity index (χ0v) is 11.4. The molecule has 0 aromatic carbocycles. The lowest BCUT2D eigenvalue weighted by Gasteiger charge is -2.25. The van der Waals surface area contributed by atoms with E-state index in [0.717, 1.165) is 19.4 Å². The van der Waals surface area contributed by atoms with Crippen LogP contribution < -0.4 is 5.32 Å². The average Bonchev–Trinajstić information content (AvgIpc) is 3.06. The van der Waals surface area contributed by atoms with Crippen molar-refractivity contribution in [3.05, 3.63) is 0 Å². The molecule has 1 aliphatic carbocycles. The summed E-state index contributed by atoms with van der Waals surface area (Å²) in [6.45, 7) is 7.17. The number of halogens is 1. The number of carbonyl (C=O) groups is 1. The number of alkyl halides is 1. The molecule has 1 N–H and O–H groups in total. The molecule has 0 bridgehead atoms. The van der Waals surface area contributed by atoms with E-state index in [0.29, 0.717) is 11.8 Å². The van der Waals surface area contributed by atoms with Crippen LogP contribution in [0.5, 0.6) is 0 Å². The van der Waals surface area contributed by atoms with Crippen LogP contribution in [0.2, 0.25) is 0 Å². The predicted molar refractivity (Wildman–Crippen MR) is 68.6 cm³/mol. The minimum Gasteiger partial charge on any atom is -0.355 e. The highest BCUT2D eigenvalue weighted by molar-refractivity contribution is 6.17. The van der Waals surface area contributed by atoms with Gasteiger partial charge in [-0.05, 0) is 37.0 Å². The summed E-state index contributed by atoms with van der Waals surface area (Å²) in [6.07, 6.45) is 4.53. The van der Waals surface area contributed by atoms with Gasteiger partial charge in [0.15, 0.2) is 0 Å². The third-order valence-corrected chi connectivity index (χ3v) is 3.74. The fraction of sp³-hybridized carbons (Fsp3) is 0.923. The molecule has 1 atom stereocenters. The van der Waals surface area contributed by atoms with Crippen molar-refractivity contribution >= 4 is 17.5 Å². The van der Waals surface area contributed by atoms with Crippen LogP contribution in [0.3, 0.4) is 0 Å². The number of nitrogens with one attached hydrogen (secondary N) is 1. The summed E-state index contributed by atoms with van der Waals surface area (Å²) in [5.74, 6) is 1.77. The normalized spacial score (nSPS) is 18.2. The highest BCUT2D eigenvalue weighted by Gasteiger charge is 2.33. The zero-order chi connectivity index (χ0) is 12.2. The summed E-state index contributed by atoms with van der Waals surface area (Å²) in [6, 6.07) is 0. The maximum atomic E-state index is 11.8. The molecule has 1 fully saturated rings. The van der Waals surface area contributed by atoms with Gasteiger partial charge in [0.05, 0.1) is 0 Å². The molecule has 0 radical (unpaired) electrons. The molecule has 1 aliphatic rings. The third kappa shape index (κ3) is 4.73. The molecule has 1 saturated carbocycles. The lowest BCUT2D eigenvalue weighted by Crippen LogP contribution is -2.37. The van der Waals surface area contributed by atoms with E-state index in [2.05, 4.69) is 19.2 Å². The van der Waals surface area contributed by atoms with Crippen LogP contribution in [0.1, 0.15) is 46.5 Å². The van der Waals surface area contributed by atoms with Crippen molar-refractivity contribution in [1.29, 1.82) is 0 Å². The van der Waals surface area contributed by atoms with Gasteiger partial charge in [-0.15, -0.1) is 11.6 Å². The molecule has 16 heavy (non-hydrogen) atoms. The summed E-state index contributed by atoms with van der Waals surface area (Å²) in [7, 11) is 0. The quantitative estimate of drug-likeness (QED) is 0.686. The highest BCUT2D eigenvalue weighted by atomic mass is 35.5. The summed E-state index contributed by atoms with van der Waals surface area (Å²) in [5, 5.41) is 3.07. The van der Waals surface area contributed by atoms with Gasteiger partial charge in [-0.2, -0.15) is 0 Å². The summed E-state index contributed by atoms with van der Waals surface area (Å²) in [4.78, 5) is 11.8. The van der Waals surface area contributed by atoms with Gasteiger partial charge in [0.25, 0.3) is 0 Å². The van der Waals surface area contributed by atoms with E-state index in [1.165, 1.54) is 12.8 Å². The largest absolute Gasteiger partial charge is 0.355 e. The third-order valence-electron chi connectivity index (χ3n) is 3.47. The fourth-order valence-electron chi connectivity index (χ4n) is 1.93. The summed E-state index contributed by atoms with van der Waals surface area (Å²) in [5.41, 5.74) is 0.161. The molecule has 1 unspecified atom stereocenters. The highest BCUT2D eigenvalue weighted by Crippen LogP contribution is 2.36. The van der Waals surface area contributed by atoms with Crippen LogP contribution in [0.25, 0.3) is 0 Å². The Hall–Kier alpha value is -0.240. The summed E-state index contributed by atoms with van der Waals surface area (Å²) >= 11 is 5.68. The van der Waals surface area contributed by atoms with E-state index in [1.54, 1.807) is 0 Å². The Morgan fingerprint density at radius 3 is 2.62 bits per heavy atom. The Morgan fingerprint density at radius 2 is 2.12 bits per heavy atom. The van der Waals surface area contributed by atoms with E-state index >= 15 is 0 Å². The molecule has 0 saturated heterocycles. The molecular formula is C13H24ClNO. The van der Waals surface area contributed by atoms with Crippen molar-refractivity contribution in [3.8, 4) is 0 Å². The minimum atomic E-state index is 0.161. The number of carbonyl (C=O) groups excluding carboxylic acids is 1. The second-order valence-corrected chi connectivity index (χ2v) is 6.18. The van der Waals surface area contributed by atoms with Gasteiger partial charge in [0, 0.05) is 18.3 Å². The van der Waals surface area contributed by atoms with Gasteiger partial charge in [-0.25, -0.2) is 0 Å². The van der Waals surface area contributed by atoms with Gasteiger partial charge < -0.3 is 5.32 Å². The van der Waals surface area contributed by atoms with Gasteiger partial charge in [0.1, 0.15) is 0 Å². The average molecular weight is 246 g/mol. The Labute approximate surface area is 104 Å². The lowest BCUT2D eigenvalue weighted by molar-refractivity contribution is -0.125. The standard InChI is InChI=1S/C13H24ClNO/c1-10(11-5-6-11)12(16)15-9-13(2,3)7-4-8-14/h10-11H,4-9H2,1-3H3,(H,15,16). The molecule has 2 nitrogen and oxygen atoms in total. The van der Waals surface area contributed by atoms with Gasteiger partial charge in [0.2, 0.25) is 5.91 Å². The number of amides is 1. The monoisotopic (exact) mass is 245 g/mol. The summed E-state index contributed by atoms with van der Waals surface area (Å²) < 4.78 is 0.